The van der Waals surface area contributed by atoms with Crippen LogP contribution in [0, 0.1) is 11.8 Å². The van der Waals surface area contributed by atoms with Crippen LogP contribution in [-0.4, -0.2) is 23.3 Å². The van der Waals surface area contributed by atoms with Crippen molar-refractivity contribution < 1.29 is 9.59 Å². The second-order valence-corrected chi connectivity index (χ2v) is 5.42. The maximum Gasteiger partial charge on any atom is 0.233 e. The van der Waals surface area contributed by atoms with E-state index in [1.54, 1.807) is 0 Å². The number of carbonyl (C=O) groups excluding carboxylic acids is 2. The number of hydrogen-bond acceptors (Lipinski definition) is 3. The van der Waals surface area contributed by atoms with Gasteiger partial charge in [0.1, 0.15) is 0 Å². The van der Waals surface area contributed by atoms with E-state index in [9.17, 15) is 9.59 Å². The van der Waals surface area contributed by atoms with Crippen LogP contribution in [0.1, 0.15) is 24.8 Å². The van der Waals surface area contributed by atoms with Gasteiger partial charge < -0.3 is 5.73 Å². The molecule has 1 saturated carbocycles. The average Bonchev–Trinajstić information content (AvgIpc) is 2.96. The highest BCUT2D eigenvalue weighted by molar-refractivity contribution is 6.05. The Balaban J connectivity index is 1.69. The maximum absolute atomic E-state index is 12.2. The van der Waals surface area contributed by atoms with Crippen LogP contribution < -0.4 is 5.73 Å². The second-order valence-electron chi connectivity index (χ2n) is 5.42. The van der Waals surface area contributed by atoms with Crippen molar-refractivity contribution in [1.82, 2.24) is 4.90 Å². The summed E-state index contributed by atoms with van der Waals surface area (Å²) in [6.07, 6.45) is 3.40. The van der Waals surface area contributed by atoms with E-state index in [2.05, 4.69) is 0 Å². The standard InChI is InChI=1S/C15H18N2O2/c16-13-7-2-1-4-10(13)8-9-17-14(18)11-5-3-6-12(11)15(17)19/h1-2,4,7,11-12H,3,5-6,8-9,16H2. The van der Waals surface area contributed by atoms with Crippen molar-refractivity contribution in [3.63, 3.8) is 0 Å². The van der Waals surface area contributed by atoms with Crippen LogP contribution in [0.2, 0.25) is 0 Å². The van der Waals surface area contributed by atoms with Gasteiger partial charge in [0.15, 0.2) is 0 Å². The van der Waals surface area contributed by atoms with E-state index in [1.165, 1.54) is 4.90 Å². The molecule has 1 aliphatic carbocycles. The number of benzene rings is 1. The van der Waals surface area contributed by atoms with Gasteiger partial charge in [0.05, 0.1) is 11.8 Å². The van der Waals surface area contributed by atoms with Crippen LogP contribution in [0.3, 0.4) is 0 Å². The molecule has 0 spiro atoms. The van der Waals surface area contributed by atoms with E-state index in [1.807, 2.05) is 24.3 Å². The zero-order valence-electron chi connectivity index (χ0n) is 10.8. The molecule has 1 aromatic rings. The Morgan fingerprint density at radius 3 is 2.37 bits per heavy atom. The van der Waals surface area contributed by atoms with E-state index in [-0.39, 0.29) is 23.7 Å². The summed E-state index contributed by atoms with van der Waals surface area (Å²) in [4.78, 5) is 25.8. The van der Waals surface area contributed by atoms with Gasteiger partial charge in [-0.3, -0.25) is 14.5 Å². The summed E-state index contributed by atoms with van der Waals surface area (Å²) < 4.78 is 0. The molecule has 2 N–H and O–H groups in total. The smallest absolute Gasteiger partial charge is 0.233 e. The fourth-order valence-electron chi connectivity index (χ4n) is 3.27. The molecule has 1 aliphatic heterocycles. The number of likely N-dealkylation sites (tertiary alicyclic amines) is 1. The summed E-state index contributed by atoms with van der Waals surface area (Å²) in [6.45, 7) is 0.457. The first-order chi connectivity index (χ1) is 9.18. The second kappa shape index (κ2) is 4.68. The van der Waals surface area contributed by atoms with Crippen LogP contribution in [0.15, 0.2) is 24.3 Å². The summed E-state index contributed by atoms with van der Waals surface area (Å²) in [5.74, 6) is -0.0229. The Kier molecular flexibility index (Phi) is 3.01. The van der Waals surface area contributed by atoms with Gasteiger partial charge >= 0.3 is 0 Å². The Hall–Kier alpha value is -1.84. The predicted octanol–water partition coefficient (Wildman–Crippen LogP) is 1.60. The highest BCUT2D eigenvalue weighted by Crippen LogP contribution is 2.39. The monoisotopic (exact) mass is 258 g/mol. The molecule has 2 aliphatic rings. The maximum atomic E-state index is 12.2. The van der Waals surface area contributed by atoms with Gasteiger partial charge in [0.25, 0.3) is 0 Å². The number of para-hydroxylation sites is 1. The molecule has 2 atom stereocenters. The first-order valence-electron chi connectivity index (χ1n) is 6.87. The number of rotatable bonds is 3. The minimum Gasteiger partial charge on any atom is -0.399 e. The normalized spacial score (nSPS) is 26.0. The number of imide groups is 1. The van der Waals surface area contributed by atoms with Gasteiger partial charge in [-0.1, -0.05) is 24.6 Å². The fourth-order valence-corrected chi connectivity index (χ4v) is 3.27. The third-order valence-corrected chi connectivity index (χ3v) is 4.34. The van der Waals surface area contributed by atoms with Crippen molar-refractivity contribution in [3.05, 3.63) is 29.8 Å². The third-order valence-electron chi connectivity index (χ3n) is 4.34. The third kappa shape index (κ3) is 2.01. The van der Waals surface area contributed by atoms with Crippen molar-refractivity contribution in [1.29, 1.82) is 0 Å². The Morgan fingerprint density at radius 1 is 1.11 bits per heavy atom. The van der Waals surface area contributed by atoms with Crippen LogP contribution in [-0.2, 0) is 16.0 Å². The molecule has 2 fully saturated rings. The highest BCUT2D eigenvalue weighted by Gasteiger charge is 2.49. The summed E-state index contributed by atoms with van der Waals surface area (Å²) in [6, 6.07) is 7.60. The molecule has 4 heteroatoms. The number of nitrogens with zero attached hydrogens (tertiary/aromatic N) is 1. The van der Waals surface area contributed by atoms with E-state index in [0.29, 0.717) is 13.0 Å². The van der Waals surface area contributed by atoms with Crippen molar-refractivity contribution in [3.8, 4) is 0 Å². The summed E-state index contributed by atoms with van der Waals surface area (Å²) >= 11 is 0. The van der Waals surface area contributed by atoms with E-state index in [4.69, 9.17) is 5.73 Å². The van der Waals surface area contributed by atoms with Gasteiger partial charge in [-0.15, -0.1) is 0 Å². The lowest BCUT2D eigenvalue weighted by Crippen LogP contribution is -2.33. The molecule has 100 valence electrons. The zero-order valence-corrected chi connectivity index (χ0v) is 10.8. The summed E-state index contributed by atoms with van der Waals surface area (Å²) in [7, 11) is 0. The number of fused-ring (bicyclic) bond motifs is 1. The van der Waals surface area contributed by atoms with Gasteiger partial charge in [-0.2, -0.15) is 0 Å². The molecule has 4 nitrogen and oxygen atoms in total. The molecule has 0 bridgehead atoms. The van der Waals surface area contributed by atoms with Gasteiger partial charge in [0, 0.05) is 12.2 Å². The van der Waals surface area contributed by atoms with Gasteiger partial charge in [0.2, 0.25) is 11.8 Å². The number of anilines is 1. The first kappa shape index (κ1) is 12.2. The first-order valence-corrected chi connectivity index (χ1v) is 6.87. The fraction of sp³-hybridized carbons (Fsp3) is 0.467. The number of nitrogens with two attached hydrogens (primary N) is 1. The zero-order chi connectivity index (χ0) is 13.4. The van der Waals surface area contributed by atoms with Gasteiger partial charge in [-0.25, -0.2) is 0 Å². The quantitative estimate of drug-likeness (QED) is 0.661. The largest absolute Gasteiger partial charge is 0.399 e. The van der Waals surface area contributed by atoms with Crippen LogP contribution >= 0.6 is 0 Å². The lowest BCUT2D eigenvalue weighted by atomic mass is 10.00. The molecule has 0 radical (unpaired) electrons. The average molecular weight is 258 g/mol. The molecule has 1 aromatic carbocycles. The molecule has 2 amide bonds. The molecule has 19 heavy (non-hydrogen) atoms. The molecular weight excluding hydrogens is 240 g/mol. The van der Waals surface area contributed by atoms with Gasteiger partial charge in [-0.05, 0) is 30.9 Å². The lowest BCUT2D eigenvalue weighted by Gasteiger charge is -2.16. The van der Waals surface area contributed by atoms with Crippen LogP contribution in [0.5, 0.6) is 0 Å². The molecule has 2 unspecified atom stereocenters. The Labute approximate surface area is 112 Å². The highest BCUT2D eigenvalue weighted by atomic mass is 16.2. The van der Waals surface area contributed by atoms with E-state index in [0.717, 1.165) is 30.5 Å². The predicted molar refractivity (Wildman–Crippen MR) is 72.1 cm³/mol. The molecule has 3 rings (SSSR count). The van der Waals surface area contributed by atoms with Crippen molar-refractivity contribution in [2.45, 2.75) is 25.7 Å². The Bertz CT molecular complexity index is 505. The molecule has 1 heterocycles. The minimum atomic E-state index is -0.0411. The lowest BCUT2D eigenvalue weighted by molar-refractivity contribution is -0.140. The number of nitrogen functional groups attached to an aromatic ring is 1. The number of amides is 2. The number of hydrogen-bond donors (Lipinski definition) is 1. The molecule has 0 aromatic heterocycles. The van der Waals surface area contributed by atoms with Crippen molar-refractivity contribution in [2.75, 3.05) is 12.3 Å². The summed E-state index contributed by atoms with van der Waals surface area (Å²) in [5, 5.41) is 0. The number of carbonyl (C=O) groups is 2. The van der Waals surface area contributed by atoms with E-state index < -0.39 is 0 Å². The van der Waals surface area contributed by atoms with Crippen LogP contribution in [0.25, 0.3) is 0 Å². The SMILES string of the molecule is Nc1ccccc1CCN1C(=O)C2CCCC2C1=O. The summed E-state index contributed by atoms with van der Waals surface area (Å²) in [5.41, 5.74) is 7.60. The van der Waals surface area contributed by atoms with Crippen molar-refractivity contribution >= 4 is 17.5 Å². The van der Waals surface area contributed by atoms with Crippen molar-refractivity contribution in [2.24, 2.45) is 11.8 Å². The molecular formula is C15H18N2O2. The van der Waals surface area contributed by atoms with Crippen LogP contribution in [0.4, 0.5) is 5.69 Å². The topological polar surface area (TPSA) is 63.4 Å². The van der Waals surface area contributed by atoms with E-state index >= 15 is 0 Å². The Morgan fingerprint density at radius 2 is 1.74 bits per heavy atom. The molecule has 1 saturated heterocycles. The minimum absolute atomic E-state index is 0.0296.